The molecular formula is C25H25F2N7O3S. The van der Waals surface area contributed by atoms with Crippen molar-refractivity contribution in [3.05, 3.63) is 35.8 Å². The number of anilines is 1. The van der Waals surface area contributed by atoms with E-state index in [1.807, 2.05) is 11.9 Å². The molecule has 1 aliphatic carbocycles. The SMILES string of the molecule is COc1cnc(C(F)F)cc1-c1cc(N2CCN(C)CC2=O)ncc1C(=O)NC(=N)SC(=N)C#CC1CC1. The fraction of sp³-hybridized carbons (Fsp3) is 0.360. The minimum atomic E-state index is -2.87. The third kappa shape index (κ3) is 6.51. The fourth-order valence-corrected chi connectivity index (χ4v) is 4.16. The number of hydrogen-bond acceptors (Lipinski definition) is 9. The monoisotopic (exact) mass is 541 g/mol. The summed E-state index contributed by atoms with van der Waals surface area (Å²) in [5, 5.41) is 18.0. The first kappa shape index (κ1) is 27.2. The maximum absolute atomic E-state index is 13.5. The second kappa shape index (κ2) is 11.7. The summed E-state index contributed by atoms with van der Waals surface area (Å²) in [7, 11) is 3.16. The van der Waals surface area contributed by atoms with Crippen molar-refractivity contribution in [3.63, 3.8) is 0 Å². The van der Waals surface area contributed by atoms with Crippen LogP contribution in [0.3, 0.4) is 0 Å². The average molecular weight is 542 g/mol. The van der Waals surface area contributed by atoms with Gasteiger partial charge in [0.2, 0.25) is 5.91 Å². The molecule has 0 radical (unpaired) electrons. The summed E-state index contributed by atoms with van der Waals surface area (Å²) >= 11 is 0.684. The Balaban J connectivity index is 1.69. The van der Waals surface area contributed by atoms with E-state index in [0.717, 1.165) is 25.1 Å². The van der Waals surface area contributed by atoms with E-state index in [1.165, 1.54) is 24.3 Å². The van der Waals surface area contributed by atoms with Crippen LogP contribution in [0.4, 0.5) is 14.6 Å². The first-order valence-corrected chi connectivity index (χ1v) is 12.5. The van der Waals surface area contributed by atoms with Crippen molar-refractivity contribution in [2.75, 3.05) is 38.7 Å². The first-order chi connectivity index (χ1) is 18.2. The average Bonchev–Trinajstić information content (AvgIpc) is 3.71. The Kier molecular flexibility index (Phi) is 8.33. The maximum atomic E-state index is 13.5. The zero-order valence-corrected chi connectivity index (χ0v) is 21.5. The van der Waals surface area contributed by atoms with Gasteiger partial charge in [0.05, 0.1) is 25.4 Å². The number of piperazine rings is 1. The number of amides is 2. The number of alkyl halides is 2. The normalized spacial score (nSPS) is 15.6. The highest BCUT2D eigenvalue weighted by Crippen LogP contribution is 2.36. The molecule has 38 heavy (non-hydrogen) atoms. The van der Waals surface area contributed by atoms with Gasteiger partial charge in [0, 0.05) is 36.3 Å². The van der Waals surface area contributed by atoms with Crippen molar-refractivity contribution in [2.45, 2.75) is 19.3 Å². The van der Waals surface area contributed by atoms with E-state index in [2.05, 4.69) is 27.1 Å². The molecule has 1 aliphatic heterocycles. The van der Waals surface area contributed by atoms with Crippen molar-refractivity contribution in [1.29, 1.82) is 10.8 Å². The Morgan fingerprint density at radius 3 is 2.63 bits per heavy atom. The number of rotatable bonds is 5. The Morgan fingerprint density at radius 2 is 1.97 bits per heavy atom. The standard InChI is InChI=1S/C25H25F2N7O3S/c1-33-7-8-34(22(35)13-33)21-10-15(16-9-18(23(26)27)30-12-19(16)37-2)17(11-31-21)24(36)32-25(29)38-20(28)6-5-14-3-4-14/h9-12,14,23,28H,3-4,7-8,13H2,1-2H3,(H2,29,32,36). The molecule has 0 aromatic carbocycles. The Labute approximate surface area is 222 Å². The number of carbonyl (C=O) groups excluding carboxylic acids is 2. The zero-order valence-electron chi connectivity index (χ0n) is 20.7. The van der Waals surface area contributed by atoms with Crippen LogP contribution in [0, 0.1) is 28.6 Å². The van der Waals surface area contributed by atoms with Crippen molar-refractivity contribution in [1.82, 2.24) is 20.2 Å². The molecule has 3 heterocycles. The molecule has 0 spiro atoms. The molecule has 0 unspecified atom stereocenters. The molecule has 13 heteroatoms. The van der Waals surface area contributed by atoms with Crippen LogP contribution in [-0.4, -0.2) is 70.7 Å². The minimum absolute atomic E-state index is 0.0408. The Bertz CT molecular complexity index is 1350. The number of pyridine rings is 2. The quantitative estimate of drug-likeness (QED) is 0.301. The maximum Gasteiger partial charge on any atom is 0.280 e. The second-order valence-corrected chi connectivity index (χ2v) is 9.76. The van der Waals surface area contributed by atoms with Crippen LogP contribution in [0.5, 0.6) is 5.75 Å². The smallest absolute Gasteiger partial charge is 0.280 e. The molecule has 198 valence electrons. The number of halogens is 2. The molecule has 2 aromatic rings. The number of aromatic nitrogens is 2. The summed E-state index contributed by atoms with van der Waals surface area (Å²) in [6.07, 6.45) is 1.48. The number of likely N-dealkylation sites (N-methyl/N-ethyl adjacent to an activating group) is 1. The minimum Gasteiger partial charge on any atom is -0.494 e. The predicted molar refractivity (Wildman–Crippen MR) is 140 cm³/mol. The van der Waals surface area contributed by atoms with Gasteiger partial charge in [0.1, 0.15) is 22.3 Å². The molecule has 2 amide bonds. The molecule has 2 aliphatic rings. The van der Waals surface area contributed by atoms with Crippen molar-refractivity contribution < 1.29 is 23.1 Å². The summed E-state index contributed by atoms with van der Waals surface area (Å²) in [4.78, 5) is 37.2. The van der Waals surface area contributed by atoms with E-state index in [4.69, 9.17) is 15.6 Å². The highest BCUT2D eigenvalue weighted by atomic mass is 32.2. The van der Waals surface area contributed by atoms with Gasteiger partial charge in [-0.05, 0) is 49.7 Å². The van der Waals surface area contributed by atoms with Crippen LogP contribution in [0.1, 0.15) is 35.3 Å². The summed E-state index contributed by atoms with van der Waals surface area (Å²) in [6.45, 7) is 1.13. The van der Waals surface area contributed by atoms with Gasteiger partial charge in [-0.3, -0.25) is 35.2 Å². The number of amidine groups is 1. The molecule has 4 rings (SSSR count). The van der Waals surface area contributed by atoms with Crippen LogP contribution in [0.2, 0.25) is 0 Å². The van der Waals surface area contributed by atoms with E-state index >= 15 is 0 Å². The van der Waals surface area contributed by atoms with Crippen molar-refractivity contribution >= 4 is 39.6 Å². The van der Waals surface area contributed by atoms with E-state index < -0.39 is 18.0 Å². The topological polar surface area (TPSA) is 135 Å². The number of nitrogens with one attached hydrogen (secondary N) is 3. The van der Waals surface area contributed by atoms with Gasteiger partial charge >= 0.3 is 0 Å². The van der Waals surface area contributed by atoms with E-state index in [-0.39, 0.29) is 56.8 Å². The van der Waals surface area contributed by atoms with E-state index in [0.29, 0.717) is 24.9 Å². The third-order valence-electron chi connectivity index (χ3n) is 5.84. The number of methoxy groups -OCH3 is 1. The summed E-state index contributed by atoms with van der Waals surface area (Å²) in [6, 6.07) is 2.58. The Hall–Kier alpha value is -3.89. The molecule has 1 saturated carbocycles. The van der Waals surface area contributed by atoms with Gasteiger partial charge in [-0.2, -0.15) is 0 Å². The largest absolute Gasteiger partial charge is 0.494 e. The number of nitrogens with zero attached hydrogens (tertiary/aromatic N) is 4. The summed E-state index contributed by atoms with van der Waals surface area (Å²) in [5.41, 5.74) is -0.245. The number of hydrogen-bond donors (Lipinski definition) is 3. The number of thioether (sulfide) groups is 1. The second-order valence-electron chi connectivity index (χ2n) is 8.74. The highest BCUT2D eigenvalue weighted by Gasteiger charge is 2.27. The molecule has 2 fully saturated rings. The molecule has 1 saturated heterocycles. The Morgan fingerprint density at radius 1 is 1.21 bits per heavy atom. The van der Waals surface area contributed by atoms with Crippen molar-refractivity contribution in [2.24, 2.45) is 5.92 Å². The molecule has 2 aromatic heterocycles. The molecule has 0 atom stereocenters. The van der Waals surface area contributed by atoms with Crippen LogP contribution >= 0.6 is 11.8 Å². The van der Waals surface area contributed by atoms with Crippen molar-refractivity contribution in [3.8, 4) is 28.7 Å². The number of carbonyl (C=O) groups is 2. The lowest BCUT2D eigenvalue weighted by Gasteiger charge is -2.31. The van der Waals surface area contributed by atoms with Gasteiger partial charge in [-0.25, -0.2) is 13.8 Å². The van der Waals surface area contributed by atoms with Crippen LogP contribution in [0.15, 0.2) is 24.5 Å². The molecular weight excluding hydrogens is 516 g/mol. The van der Waals surface area contributed by atoms with E-state index in [9.17, 15) is 18.4 Å². The first-order valence-electron chi connectivity index (χ1n) is 11.7. The lowest BCUT2D eigenvalue weighted by atomic mass is 9.99. The number of ether oxygens (including phenoxy) is 1. The van der Waals surface area contributed by atoms with Crippen LogP contribution < -0.4 is 15.0 Å². The lowest BCUT2D eigenvalue weighted by Crippen LogP contribution is -2.49. The zero-order chi connectivity index (χ0) is 27.4. The van der Waals surface area contributed by atoms with Crippen LogP contribution in [-0.2, 0) is 4.79 Å². The molecule has 0 bridgehead atoms. The summed E-state index contributed by atoms with van der Waals surface area (Å²) in [5.74, 6) is 5.29. The summed E-state index contributed by atoms with van der Waals surface area (Å²) < 4.78 is 32.4. The highest BCUT2D eigenvalue weighted by molar-refractivity contribution is 8.26. The van der Waals surface area contributed by atoms with Gasteiger partial charge in [-0.1, -0.05) is 5.92 Å². The van der Waals surface area contributed by atoms with Gasteiger partial charge in [0.25, 0.3) is 12.3 Å². The van der Waals surface area contributed by atoms with Gasteiger partial charge in [-0.15, -0.1) is 0 Å². The molecule has 10 nitrogen and oxygen atoms in total. The fourth-order valence-electron chi connectivity index (χ4n) is 3.70. The lowest BCUT2D eigenvalue weighted by molar-refractivity contribution is -0.120. The van der Waals surface area contributed by atoms with E-state index in [1.54, 1.807) is 0 Å². The molecule has 3 N–H and O–H groups in total. The van der Waals surface area contributed by atoms with Gasteiger partial charge < -0.3 is 10.1 Å². The van der Waals surface area contributed by atoms with Gasteiger partial charge in [0.15, 0.2) is 5.17 Å². The van der Waals surface area contributed by atoms with Crippen LogP contribution in [0.25, 0.3) is 11.1 Å². The predicted octanol–water partition coefficient (Wildman–Crippen LogP) is 3.16. The third-order valence-corrected chi connectivity index (χ3v) is 6.46.